The second kappa shape index (κ2) is 6.98. The van der Waals surface area contributed by atoms with Gasteiger partial charge in [0, 0.05) is 39.9 Å². The lowest BCUT2D eigenvalue weighted by Gasteiger charge is -2.09. The van der Waals surface area contributed by atoms with Crippen molar-refractivity contribution in [2.24, 2.45) is 7.05 Å². The third-order valence-electron chi connectivity index (χ3n) is 4.49. The molecule has 0 radical (unpaired) electrons. The molecule has 4 rings (SSSR count). The van der Waals surface area contributed by atoms with Crippen molar-refractivity contribution in [3.05, 3.63) is 76.1 Å². The molecule has 0 aliphatic carbocycles. The molecule has 3 nitrogen and oxygen atoms in total. The van der Waals surface area contributed by atoms with Crippen LogP contribution in [0.15, 0.2) is 65.4 Å². The van der Waals surface area contributed by atoms with Gasteiger partial charge in [-0.2, -0.15) is 11.3 Å². The minimum atomic E-state index is -0.0466. The van der Waals surface area contributed by atoms with Crippen LogP contribution >= 0.6 is 22.9 Å². The number of para-hydroxylation sites is 1. The average Bonchev–Trinajstić information content (AvgIpc) is 3.25. The van der Waals surface area contributed by atoms with E-state index in [1.807, 2.05) is 31.3 Å². The zero-order chi connectivity index (χ0) is 18.1. The van der Waals surface area contributed by atoms with Gasteiger partial charge in [-0.1, -0.05) is 29.8 Å². The number of fused-ring (bicyclic) bond motifs is 1. The van der Waals surface area contributed by atoms with Crippen molar-refractivity contribution in [3.63, 3.8) is 0 Å². The molecule has 2 aromatic carbocycles. The summed E-state index contributed by atoms with van der Waals surface area (Å²) in [6.45, 7) is 0. The summed E-state index contributed by atoms with van der Waals surface area (Å²) in [5, 5.41) is 8.96. The summed E-state index contributed by atoms with van der Waals surface area (Å²) >= 11 is 7.57. The van der Waals surface area contributed by atoms with Gasteiger partial charge in [0.1, 0.15) is 0 Å². The molecule has 4 aromatic rings. The minimum Gasteiger partial charge on any atom is -0.347 e. The fourth-order valence-electron chi connectivity index (χ4n) is 3.27. The molecule has 1 amide bonds. The van der Waals surface area contributed by atoms with E-state index in [2.05, 4.69) is 38.8 Å². The van der Waals surface area contributed by atoms with E-state index >= 15 is 0 Å². The molecule has 0 spiro atoms. The van der Waals surface area contributed by atoms with Gasteiger partial charge in [0.25, 0.3) is 0 Å². The van der Waals surface area contributed by atoms with Gasteiger partial charge in [-0.3, -0.25) is 4.79 Å². The lowest BCUT2D eigenvalue weighted by Crippen LogP contribution is -2.16. The molecule has 2 aromatic heterocycles. The molecule has 0 unspecified atom stereocenters. The molecule has 130 valence electrons. The first kappa shape index (κ1) is 16.9. The summed E-state index contributed by atoms with van der Waals surface area (Å²) in [7, 11) is 2.02. The number of hydrogen-bond acceptors (Lipinski definition) is 2. The molecule has 5 heteroatoms. The van der Waals surface area contributed by atoms with Crippen LogP contribution in [0.25, 0.3) is 22.0 Å². The molecule has 26 heavy (non-hydrogen) atoms. The number of amides is 1. The number of carbonyl (C=O) groups excluding carboxylic acids is 1. The van der Waals surface area contributed by atoms with E-state index in [4.69, 9.17) is 11.6 Å². The van der Waals surface area contributed by atoms with Crippen LogP contribution in [0, 0.1) is 0 Å². The van der Waals surface area contributed by atoms with Gasteiger partial charge in [-0.15, -0.1) is 0 Å². The van der Waals surface area contributed by atoms with Gasteiger partial charge in [0.05, 0.1) is 6.42 Å². The number of aryl methyl sites for hydroxylation is 1. The lowest BCUT2D eigenvalue weighted by atomic mass is 10.0. The van der Waals surface area contributed by atoms with Crippen LogP contribution in [0.4, 0.5) is 5.69 Å². The summed E-state index contributed by atoms with van der Waals surface area (Å²) in [4.78, 5) is 12.7. The zero-order valence-electron chi connectivity index (χ0n) is 14.2. The summed E-state index contributed by atoms with van der Waals surface area (Å²) in [5.41, 5.74) is 5.17. The molecule has 2 heterocycles. The van der Waals surface area contributed by atoms with Crippen LogP contribution in [0.1, 0.15) is 5.69 Å². The fraction of sp³-hybridized carbons (Fsp3) is 0.0952. The monoisotopic (exact) mass is 380 g/mol. The molecule has 0 aliphatic heterocycles. The van der Waals surface area contributed by atoms with Crippen molar-refractivity contribution >= 4 is 45.4 Å². The highest BCUT2D eigenvalue weighted by Gasteiger charge is 2.19. The number of aromatic nitrogens is 1. The molecule has 0 atom stereocenters. The van der Waals surface area contributed by atoms with Crippen LogP contribution < -0.4 is 5.32 Å². The number of thiophene rings is 1. The highest BCUT2D eigenvalue weighted by Crippen LogP contribution is 2.35. The van der Waals surface area contributed by atoms with E-state index in [1.165, 1.54) is 5.39 Å². The fourth-order valence-corrected chi connectivity index (χ4v) is 4.05. The van der Waals surface area contributed by atoms with E-state index in [1.54, 1.807) is 23.5 Å². The SMILES string of the molecule is Cn1c(CC(=O)Nc2ccc(Cl)cc2)c(-c2ccsc2)c2ccccc21. The number of nitrogens with zero attached hydrogens (tertiary/aromatic N) is 1. The average molecular weight is 381 g/mol. The number of hydrogen-bond donors (Lipinski definition) is 1. The van der Waals surface area contributed by atoms with Crippen LogP contribution in [0.5, 0.6) is 0 Å². The number of rotatable bonds is 4. The largest absolute Gasteiger partial charge is 0.347 e. The second-order valence-corrected chi connectivity index (χ2v) is 7.36. The van der Waals surface area contributed by atoms with Crippen LogP contribution in [-0.4, -0.2) is 10.5 Å². The van der Waals surface area contributed by atoms with Gasteiger partial charge >= 0.3 is 0 Å². The van der Waals surface area contributed by atoms with Crippen molar-refractivity contribution in [2.75, 3.05) is 5.32 Å². The molecule has 0 aliphatic rings. The van der Waals surface area contributed by atoms with Gasteiger partial charge in [0.2, 0.25) is 5.91 Å². The van der Waals surface area contributed by atoms with E-state index in [0.29, 0.717) is 11.4 Å². The number of halogens is 1. The standard InChI is InChI=1S/C21H17ClN2OS/c1-24-18-5-3-2-4-17(18)21(14-10-11-26-13-14)19(24)12-20(25)23-16-8-6-15(22)7-9-16/h2-11,13H,12H2,1H3,(H,23,25). The maximum atomic E-state index is 12.7. The van der Waals surface area contributed by atoms with Crippen LogP contribution in [0.2, 0.25) is 5.02 Å². The van der Waals surface area contributed by atoms with Crippen molar-refractivity contribution in [1.82, 2.24) is 4.57 Å². The van der Waals surface area contributed by atoms with E-state index in [0.717, 1.165) is 28.0 Å². The molecule has 0 fully saturated rings. The molecule has 1 N–H and O–H groups in total. The molecular formula is C21H17ClN2OS. The summed E-state index contributed by atoms with van der Waals surface area (Å²) in [6, 6.07) is 17.5. The van der Waals surface area contributed by atoms with E-state index in [9.17, 15) is 4.79 Å². The second-order valence-electron chi connectivity index (χ2n) is 6.14. The Bertz CT molecular complexity index is 1070. The number of carbonyl (C=O) groups is 1. The van der Waals surface area contributed by atoms with Gasteiger partial charge in [0.15, 0.2) is 0 Å². The van der Waals surface area contributed by atoms with Gasteiger partial charge in [-0.25, -0.2) is 0 Å². The van der Waals surface area contributed by atoms with Crippen molar-refractivity contribution in [3.8, 4) is 11.1 Å². The first-order chi connectivity index (χ1) is 12.6. The van der Waals surface area contributed by atoms with Crippen molar-refractivity contribution in [1.29, 1.82) is 0 Å². The Balaban J connectivity index is 1.71. The highest BCUT2D eigenvalue weighted by atomic mass is 35.5. The van der Waals surface area contributed by atoms with E-state index in [-0.39, 0.29) is 5.91 Å². The summed E-state index contributed by atoms with van der Waals surface area (Å²) < 4.78 is 2.11. The van der Waals surface area contributed by atoms with Crippen molar-refractivity contribution < 1.29 is 4.79 Å². The predicted octanol–water partition coefficient (Wildman–Crippen LogP) is 5.74. The first-order valence-electron chi connectivity index (χ1n) is 8.28. The van der Waals surface area contributed by atoms with E-state index < -0.39 is 0 Å². The summed E-state index contributed by atoms with van der Waals surface area (Å²) in [5.74, 6) is -0.0466. The van der Waals surface area contributed by atoms with Crippen LogP contribution in [-0.2, 0) is 18.3 Å². The van der Waals surface area contributed by atoms with Crippen LogP contribution in [0.3, 0.4) is 0 Å². The van der Waals surface area contributed by atoms with Crippen molar-refractivity contribution in [2.45, 2.75) is 6.42 Å². The Kier molecular flexibility index (Phi) is 4.53. The third kappa shape index (κ3) is 3.14. The maximum Gasteiger partial charge on any atom is 0.230 e. The van der Waals surface area contributed by atoms with Gasteiger partial charge in [-0.05, 0) is 52.7 Å². The Morgan fingerprint density at radius 2 is 1.88 bits per heavy atom. The van der Waals surface area contributed by atoms with Gasteiger partial charge < -0.3 is 9.88 Å². The predicted molar refractivity (Wildman–Crippen MR) is 110 cm³/mol. The number of benzene rings is 2. The Labute approximate surface area is 160 Å². The molecule has 0 bridgehead atoms. The number of nitrogens with one attached hydrogen (secondary N) is 1. The maximum absolute atomic E-state index is 12.7. The third-order valence-corrected chi connectivity index (χ3v) is 5.43. The highest BCUT2D eigenvalue weighted by molar-refractivity contribution is 7.08. The first-order valence-corrected chi connectivity index (χ1v) is 9.60. The Morgan fingerprint density at radius 3 is 2.62 bits per heavy atom. The normalized spacial score (nSPS) is 11.0. The summed E-state index contributed by atoms with van der Waals surface area (Å²) in [6.07, 6.45) is 0.305. The molecule has 0 saturated heterocycles. The lowest BCUT2D eigenvalue weighted by molar-refractivity contribution is -0.115. The number of anilines is 1. The zero-order valence-corrected chi connectivity index (χ0v) is 15.8. The minimum absolute atomic E-state index is 0.0466. The quantitative estimate of drug-likeness (QED) is 0.481. The topological polar surface area (TPSA) is 34.0 Å². The Morgan fingerprint density at radius 1 is 1.12 bits per heavy atom. The Hall–Kier alpha value is -2.56. The molecule has 0 saturated carbocycles. The smallest absolute Gasteiger partial charge is 0.230 e. The molecular weight excluding hydrogens is 364 g/mol.